The molecule has 2 saturated carbocycles. The lowest BCUT2D eigenvalue weighted by Gasteiger charge is -2.51. The molecule has 0 aromatic heterocycles. The van der Waals surface area contributed by atoms with Gasteiger partial charge in [-0.05, 0) is 50.4 Å². The molecule has 0 amide bonds. The number of hydrogen-bond donors (Lipinski definition) is 1. The molecule has 2 aliphatic heterocycles. The minimum absolute atomic E-state index is 0.505. The molecule has 80 valence electrons. The van der Waals surface area contributed by atoms with E-state index in [9.17, 15) is 0 Å². The van der Waals surface area contributed by atoms with Crippen molar-refractivity contribution in [2.24, 2.45) is 17.6 Å². The first-order valence-corrected chi connectivity index (χ1v) is 6.31. The highest BCUT2D eigenvalue weighted by Crippen LogP contribution is 2.41. The van der Waals surface area contributed by atoms with Gasteiger partial charge >= 0.3 is 0 Å². The van der Waals surface area contributed by atoms with Gasteiger partial charge < -0.3 is 5.73 Å². The number of nitrogens with zero attached hydrogens (tertiary/aromatic N) is 1. The average molecular weight is 194 g/mol. The second kappa shape index (κ2) is 3.49. The van der Waals surface area contributed by atoms with Gasteiger partial charge in [-0.2, -0.15) is 0 Å². The standard InChI is InChI=1S/C12H22N2/c13-11-1-3-12(4-2-11)14-7-9-5-10(6-9)8-14/h9-12H,1-8,13H2. The van der Waals surface area contributed by atoms with E-state index in [4.69, 9.17) is 5.73 Å². The summed E-state index contributed by atoms with van der Waals surface area (Å²) in [6.07, 6.45) is 8.31. The van der Waals surface area contributed by atoms with E-state index in [0.717, 1.165) is 17.9 Å². The van der Waals surface area contributed by atoms with Crippen molar-refractivity contribution in [2.45, 2.75) is 50.6 Å². The van der Waals surface area contributed by atoms with Crippen LogP contribution >= 0.6 is 0 Å². The minimum atomic E-state index is 0.505. The fourth-order valence-corrected chi connectivity index (χ4v) is 3.67. The third kappa shape index (κ3) is 1.59. The number of fused-ring (bicyclic) bond motifs is 2. The van der Waals surface area contributed by atoms with Crippen LogP contribution in [0.4, 0.5) is 0 Å². The van der Waals surface area contributed by atoms with Crippen LogP contribution in [0.1, 0.15) is 38.5 Å². The average Bonchev–Trinajstić information content (AvgIpc) is 2.18. The van der Waals surface area contributed by atoms with E-state index in [0.29, 0.717) is 6.04 Å². The highest BCUT2D eigenvalue weighted by Gasteiger charge is 2.39. The lowest BCUT2D eigenvalue weighted by atomic mass is 9.70. The van der Waals surface area contributed by atoms with Crippen LogP contribution in [0, 0.1) is 11.8 Å². The van der Waals surface area contributed by atoms with Crippen molar-refractivity contribution < 1.29 is 0 Å². The molecule has 2 heteroatoms. The van der Waals surface area contributed by atoms with Crippen molar-refractivity contribution in [1.29, 1.82) is 0 Å². The summed E-state index contributed by atoms with van der Waals surface area (Å²) in [5.41, 5.74) is 5.94. The van der Waals surface area contributed by atoms with Gasteiger partial charge in [0.15, 0.2) is 0 Å². The quantitative estimate of drug-likeness (QED) is 0.687. The van der Waals surface area contributed by atoms with Crippen LogP contribution < -0.4 is 5.73 Å². The molecule has 14 heavy (non-hydrogen) atoms. The molecule has 4 rings (SSSR count). The van der Waals surface area contributed by atoms with E-state index in [-0.39, 0.29) is 0 Å². The SMILES string of the molecule is NC1CCC(N2CC3CC(C3)C2)CC1. The Morgan fingerprint density at radius 1 is 0.857 bits per heavy atom. The van der Waals surface area contributed by atoms with Crippen molar-refractivity contribution in [1.82, 2.24) is 4.90 Å². The topological polar surface area (TPSA) is 29.3 Å². The molecule has 2 aliphatic carbocycles. The van der Waals surface area contributed by atoms with E-state index in [1.54, 1.807) is 0 Å². The summed E-state index contributed by atoms with van der Waals surface area (Å²) in [7, 11) is 0. The van der Waals surface area contributed by atoms with Gasteiger partial charge in [0.2, 0.25) is 0 Å². The van der Waals surface area contributed by atoms with Gasteiger partial charge in [0.1, 0.15) is 0 Å². The van der Waals surface area contributed by atoms with Crippen LogP contribution in [-0.4, -0.2) is 30.1 Å². The highest BCUT2D eigenvalue weighted by atomic mass is 15.2. The number of nitrogens with two attached hydrogens (primary N) is 1. The lowest BCUT2D eigenvalue weighted by molar-refractivity contribution is -0.00896. The Hall–Kier alpha value is -0.0800. The maximum absolute atomic E-state index is 5.94. The fourth-order valence-electron chi connectivity index (χ4n) is 3.67. The Balaban J connectivity index is 1.55. The molecule has 2 saturated heterocycles. The smallest absolute Gasteiger partial charge is 0.00966 e. The summed E-state index contributed by atoms with van der Waals surface area (Å²) in [5.74, 6) is 2.12. The van der Waals surface area contributed by atoms with Crippen molar-refractivity contribution in [3.05, 3.63) is 0 Å². The number of rotatable bonds is 1. The van der Waals surface area contributed by atoms with Crippen molar-refractivity contribution in [2.75, 3.05) is 13.1 Å². The van der Waals surface area contributed by atoms with Crippen LogP contribution in [0.5, 0.6) is 0 Å². The van der Waals surface area contributed by atoms with E-state index >= 15 is 0 Å². The molecule has 2 bridgehead atoms. The van der Waals surface area contributed by atoms with Gasteiger partial charge in [-0.15, -0.1) is 0 Å². The van der Waals surface area contributed by atoms with Gasteiger partial charge in [-0.25, -0.2) is 0 Å². The van der Waals surface area contributed by atoms with Gasteiger partial charge in [0, 0.05) is 25.2 Å². The summed E-state index contributed by atoms with van der Waals surface area (Å²) in [6, 6.07) is 1.39. The first-order valence-electron chi connectivity index (χ1n) is 6.31. The molecule has 2 heterocycles. The molecule has 0 aromatic rings. The normalized spacial score (nSPS) is 48.6. The van der Waals surface area contributed by atoms with Crippen LogP contribution in [0.3, 0.4) is 0 Å². The second-order valence-corrected chi connectivity index (χ2v) is 5.73. The monoisotopic (exact) mass is 194 g/mol. The van der Waals surface area contributed by atoms with Crippen LogP contribution in [-0.2, 0) is 0 Å². The summed E-state index contributed by atoms with van der Waals surface area (Å²) in [6.45, 7) is 2.80. The van der Waals surface area contributed by atoms with Gasteiger partial charge in [0.05, 0.1) is 0 Å². The summed E-state index contributed by atoms with van der Waals surface area (Å²) in [4.78, 5) is 2.77. The van der Waals surface area contributed by atoms with Gasteiger partial charge in [-0.3, -0.25) is 4.90 Å². The Bertz CT molecular complexity index is 192. The van der Waals surface area contributed by atoms with Crippen LogP contribution in [0.2, 0.25) is 0 Å². The van der Waals surface area contributed by atoms with E-state index < -0.39 is 0 Å². The Kier molecular flexibility index (Phi) is 2.29. The first-order chi connectivity index (χ1) is 6.81. The third-order valence-corrected chi connectivity index (χ3v) is 4.58. The van der Waals surface area contributed by atoms with Gasteiger partial charge in [-0.1, -0.05) is 0 Å². The van der Waals surface area contributed by atoms with Crippen molar-refractivity contribution in [3.63, 3.8) is 0 Å². The molecule has 0 spiro atoms. The predicted octanol–water partition coefficient (Wildman–Crippen LogP) is 1.60. The zero-order chi connectivity index (χ0) is 9.54. The van der Waals surface area contributed by atoms with Crippen LogP contribution in [0.15, 0.2) is 0 Å². The molecule has 0 unspecified atom stereocenters. The summed E-state index contributed by atoms with van der Waals surface area (Å²) < 4.78 is 0. The molecule has 2 nitrogen and oxygen atoms in total. The summed E-state index contributed by atoms with van der Waals surface area (Å²) in [5, 5.41) is 0. The maximum atomic E-state index is 5.94. The Labute approximate surface area is 86.8 Å². The highest BCUT2D eigenvalue weighted by molar-refractivity contribution is 4.93. The number of hydrogen-bond acceptors (Lipinski definition) is 2. The fraction of sp³-hybridized carbons (Fsp3) is 1.00. The predicted molar refractivity (Wildman–Crippen MR) is 58.0 cm³/mol. The minimum Gasteiger partial charge on any atom is -0.328 e. The second-order valence-electron chi connectivity index (χ2n) is 5.73. The number of piperidine rings is 2. The molecule has 4 aliphatic rings. The molecule has 0 radical (unpaired) electrons. The lowest BCUT2D eigenvalue weighted by Crippen LogP contribution is -2.53. The molecular weight excluding hydrogens is 172 g/mol. The molecule has 0 aromatic carbocycles. The maximum Gasteiger partial charge on any atom is 0.00966 e. The molecule has 0 atom stereocenters. The van der Waals surface area contributed by atoms with Gasteiger partial charge in [0.25, 0.3) is 0 Å². The molecule has 4 fully saturated rings. The largest absolute Gasteiger partial charge is 0.328 e. The van der Waals surface area contributed by atoms with Crippen LogP contribution in [0.25, 0.3) is 0 Å². The van der Waals surface area contributed by atoms with E-state index in [1.165, 1.54) is 51.6 Å². The molecule has 2 N–H and O–H groups in total. The Morgan fingerprint density at radius 2 is 1.43 bits per heavy atom. The molecular formula is C12H22N2. The van der Waals surface area contributed by atoms with E-state index in [1.807, 2.05) is 0 Å². The Morgan fingerprint density at radius 3 is 2.00 bits per heavy atom. The van der Waals surface area contributed by atoms with Crippen molar-refractivity contribution in [3.8, 4) is 0 Å². The first kappa shape index (κ1) is 9.17. The third-order valence-electron chi connectivity index (χ3n) is 4.58. The zero-order valence-corrected chi connectivity index (χ0v) is 8.99. The van der Waals surface area contributed by atoms with E-state index in [2.05, 4.69) is 4.90 Å². The summed E-state index contributed by atoms with van der Waals surface area (Å²) >= 11 is 0. The zero-order valence-electron chi connectivity index (χ0n) is 8.99. The van der Waals surface area contributed by atoms with Crippen molar-refractivity contribution >= 4 is 0 Å².